The zero-order valence-corrected chi connectivity index (χ0v) is 15.4. The van der Waals surface area contributed by atoms with Crippen molar-refractivity contribution in [3.05, 3.63) is 36.2 Å². The molecule has 1 aromatic carbocycles. The number of aryl methyl sites for hydroxylation is 2. The Hall–Kier alpha value is -3.23. The Balaban J connectivity index is 1.36. The normalized spacial score (nSPS) is 14.6. The van der Waals surface area contributed by atoms with Crippen LogP contribution in [0.3, 0.4) is 0 Å². The molecular weight excluding hydrogens is 346 g/mol. The first-order valence-electron chi connectivity index (χ1n) is 8.84. The first kappa shape index (κ1) is 17.2. The van der Waals surface area contributed by atoms with Crippen LogP contribution in [-0.4, -0.2) is 68.6 Å². The maximum absolute atomic E-state index is 12.4. The molecule has 0 atom stereocenters. The summed E-state index contributed by atoms with van der Waals surface area (Å²) in [5.74, 6) is 1.47. The average molecular weight is 367 g/mol. The highest BCUT2D eigenvalue weighted by atomic mass is 16.5. The molecular formula is C18H21N7O2. The number of ether oxygens (including phenoxy) is 1. The third-order valence-corrected chi connectivity index (χ3v) is 4.65. The summed E-state index contributed by atoms with van der Waals surface area (Å²) in [5.41, 5.74) is 2.49. The fourth-order valence-corrected chi connectivity index (χ4v) is 3.18. The number of aromatic nitrogens is 5. The molecule has 0 N–H and O–H groups in total. The van der Waals surface area contributed by atoms with E-state index in [2.05, 4.69) is 25.2 Å². The number of anilines is 1. The quantitative estimate of drug-likeness (QED) is 0.674. The van der Waals surface area contributed by atoms with E-state index in [4.69, 9.17) is 4.74 Å². The van der Waals surface area contributed by atoms with Crippen LogP contribution in [0.5, 0.6) is 5.75 Å². The topological polar surface area (TPSA) is 89.3 Å². The lowest BCUT2D eigenvalue weighted by Crippen LogP contribution is -2.50. The molecule has 1 amide bonds. The maximum atomic E-state index is 12.4. The van der Waals surface area contributed by atoms with Gasteiger partial charge in [-0.15, -0.1) is 5.10 Å². The van der Waals surface area contributed by atoms with Crippen LogP contribution in [0, 0.1) is 6.92 Å². The summed E-state index contributed by atoms with van der Waals surface area (Å²) in [6.45, 7) is 4.63. The minimum atomic E-state index is -0.0107. The molecule has 0 bridgehead atoms. The molecule has 0 saturated carbocycles. The third-order valence-electron chi connectivity index (χ3n) is 4.65. The number of amides is 1. The van der Waals surface area contributed by atoms with Gasteiger partial charge < -0.3 is 14.5 Å². The molecule has 1 aliphatic heterocycles. The molecule has 9 heteroatoms. The van der Waals surface area contributed by atoms with E-state index in [1.165, 1.54) is 6.33 Å². The predicted molar refractivity (Wildman–Crippen MR) is 99.6 cm³/mol. The third kappa shape index (κ3) is 3.53. The van der Waals surface area contributed by atoms with Crippen LogP contribution in [0.4, 0.5) is 5.82 Å². The molecule has 1 saturated heterocycles. The van der Waals surface area contributed by atoms with E-state index in [0.717, 1.165) is 11.4 Å². The molecule has 27 heavy (non-hydrogen) atoms. The van der Waals surface area contributed by atoms with Crippen molar-refractivity contribution in [3.63, 3.8) is 0 Å². The Morgan fingerprint density at radius 1 is 1.19 bits per heavy atom. The predicted octanol–water partition coefficient (Wildman–Crippen LogP) is 0.794. The minimum absolute atomic E-state index is 0.0107. The number of fused-ring (bicyclic) bond motifs is 1. The number of benzene rings is 1. The summed E-state index contributed by atoms with van der Waals surface area (Å²) in [4.78, 5) is 25.0. The van der Waals surface area contributed by atoms with Gasteiger partial charge in [0.2, 0.25) is 0 Å². The van der Waals surface area contributed by atoms with Crippen LogP contribution in [-0.2, 0) is 11.8 Å². The molecule has 0 spiro atoms. The van der Waals surface area contributed by atoms with Crippen LogP contribution >= 0.6 is 0 Å². The van der Waals surface area contributed by atoms with E-state index < -0.39 is 0 Å². The molecule has 4 rings (SSSR count). The number of rotatable bonds is 4. The second kappa shape index (κ2) is 7.18. The largest absolute Gasteiger partial charge is 0.484 e. The first-order valence-corrected chi connectivity index (χ1v) is 8.84. The molecule has 0 radical (unpaired) electrons. The summed E-state index contributed by atoms with van der Waals surface area (Å²) < 4.78 is 7.26. The van der Waals surface area contributed by atoms with Gasteiger partial charge in [0.1, 0.15) is 12.1 Å². The number of carbonyl (C=O) groups is 1. The van der Waals surface area contributed by atoms with Crippen LogP contribution < -0.4 is 9.64 Å². The van der Waals surface area contributed by atoms with Gasteiger partial charge in [-0.2, -0.15) is 0 Å². The summed E-state index contributed by atoms with van der Waals surface area (Å²) in [5, 5.41) is 8.17. The summed E-state index contributed by atoms with van der Waals surface area (Å²) in [7, 11) is 1.80. The van der Waals surface area contributed by atoms with E-state index in [-0.39, 0.29) is 12.5 Å². The van der Waals surface area contributed by atoms with Crippen molar-refractivity contribution in [2.75, 3.05) is 37.7 Å². The molecule has 1 aliphatic rings. The van der Waals surface area contributed by atoms with Crippen molar-refractivity contribution < 1.29 is 9.53 Å². The zero-order valence-electron chi connectivity index (χ0n) is 15.4. The Bertz CT molecular complexity index is 963. The molecule has 0 unspecified atom stereocenters. The molecule has 0 aliphatic carbocycles. The van der Waals surface area contributed by atoms with Gasteiger partial charge >= 0.3 is 0 Å². The van der Waals surface area contributed by atoms with Crippen molar-refractivity contribution in [2.24, 2.45) is 7.05 Å². The number of piperazine rings is 1. The van der Waals surface area contributed by atoms with E-state index in [1.807, 2.05) is 36.1 Å². The second-order valence-electron chi connectivity index (χ2n) is 6.56. The van der Waals surface area contributed by atoms with Gasteiger partial charge in [-0.3, -0.25) is 4.79 Å². The van der Waals surface area contributed by atoms with Gasteiger partial charge in [0, 0.05) is 33.2 Å². The Morgan fingerprint density at radius 3 is 2.78 bits per heavy atom. The molecule has 3 aromatic rings. The highest BCUT2D eigenvalue weighted by Gasteiger charge is 2.24. The van der Waals surface area contributed by atoms with E-state index >= 15 is 0 Å². The minimum Gasteiger partial charge on any atom is -0.484 e. The van der Waals surface area contributed by atoms with Crippen LogP contribution in [0.1, 0.15) is 5.56 Å². The molecule has 2 aromatic heterocycles. The molecule has 3 heterocycles. The Kier molecular flexibility index (Phi) is 4.57. The lowest BCUT2D eigenvalue weighted by Gasteiger charge is -2.35. The summed E-state index contributed by atoms with van der Waals surface area (Å²) >= 11 is 0. The summed E-state index contributed by atoms with van der Waals surface area (Å²) in [6.07, 6.45) is 1.52. The molecule has 1 fully saturated rings. The van der Waals surface area contributed by atoms with Crippen molar-refractivity contribution in [1.29, 1.82) is 0 Å². The monoisotopic (exact) mass is 367 g/mol. The first-order chi connectivity index (χ1) is 13.1. The highest BCUT2D eigenvalue weighted by molar-refractivity contribution is 5.83. The van der Waals surface area contributed by atoms with Gasteiger partial charge in [-0.1, -0.05) is 17.3 Å². The fourth-order valence-electron chi connectivity index (χ4n) is 3.18. The zero-order chi connectivity index (χ0) is 18.8. The van der Waals surface area contributed by atoms with Crippen molar-refractivity contribution in [2.45, 2.75) is 6.92 Å². The number of nitrogens with zero attached hydrogens (tertiary/aromatic N) is 7. The van der Waals surface area contributed by atoms with Crippen molar-refractivity contribution in [3.8, 4) is 5.75 Å². The van der Waals surface area contributed by atoms with Gasteiger partial charge in [0.05, 0.1) is 0 Å². The van der Waals surface area contributed by atoms with E-state index in [9.17, 15) is 4.79 Å². The maximum Gasteiger partial charge on any atom is 0.260 e. The lowest BCUT2D eigenvalue weighted by molar-refractivity contribution is -0.133. The lowest BCUT2D eigenvalue weighted by atomic mass is 10.2. The molecule has 9 nitrogen and oxygen atoms in total. The average Bonchev–Trinajstić information content (AvgIpc) is 3.07. The van der Waals surface area contributed by atoms with Gasteiger partial charge in [-0.05, 0) is 24.6 Å². The van der Waals surface area contributed by atoms with Crippen molar-refractivity contribution >= 4 is 22.9 Å². The van der Waals surface area contributed by atoms with Gasteiger partial charge in [0.25, 0.3) is 5.91 Å². The van der Waals surface area contributed by atoms with Gasteiger partial charge in [0.15, 0.2) is 23.6 Å². The Labute approximate surface area is 156 Å². The van der Waals surface area contributed by atoms with Crippen LogP contribution in [0.25, 0.3) is 11.2 Å². The number of hydrogen-bond acceptors (Lipinski definition) is 7. The Morgan fingerprint density at radius 2 is 2.00 bits per heavy atom. The van der Waals surface area contributed by atoms with Crippen LogP contribution in [0.15, 0.2) is 30.6 Å². The van der Waals surface area contributed by atoms with E-state index in [0.29, 0.717) is 43.1 Å². The number of hydrogen-bond donors (Lipinski definition) is 0. The smallest absolute Gasteiger partial charge is 0.260 e. The van der Waals surface area contributed by atoms with Crippen molar-refractivity contribution in [1.82, 2.24) is 29.9 Å². The summed E-state index contributed by atoms with van der Waals surface area (Å²) in [6, 6.07) is 7.70. The van der Waals surface area contributed by atoms with Gasteiger partial charge in [-0.25, -0.2) is 14.6 Å². The molecule has 140 valence electrons. The standard InChI is InChI=1S/C18H21N7O2/c1-13-4-3-5-14(10-13)27-11-15(26)24-6-8-25(9-7-24)18-16-17(19-12-20-18)23(2)22-21-16/h3-5,10,12H,6-9,11H2,1-2H3. The highest BCUT2D eigenvalue weighted by Crippen LogP contribution is 2.21. The SMILES string of the molecule is Cc1cccc(OCC(=O)N2CCN(c3ncnc4c3nnn4C)CC2)c1. The number of carbonyl (C=O) groups excluding carboxylic acids is 1. The van der Waals surface area contributed by atoms with Crippen LogP contribution in [0.2, 0.25) is 0 Å². The van der Waals surface area contributed by atoms with E-state index in [1.54, 1.807) is 11.7 Å². The second-order valence-corrected chi connectivity index (χ2v) is 6.56. The fraction of sp³-hybridized carbons (Fsp3) is 0.389.